The Labute approximate surface area is 155 Å². The highest BCUT2D eigenvalue weighted by molar-refractivity contribution is 6.32. The van der Waals surface area contributed by atoms with Gasteiger partial charge < -0.3 is 23.2 Å². The summed E-state index contributed by atoms with van der Waals surface area (Å²) in [6.45, 7) is 0.580. The summed E-state index contributed by atoms with van der Waals surface area (Å²) in [5.74, 6) is 1.86. The molecule has 0 radical (unpaired) electrons. The van der Waals surface area contributed by atoms with E-state index in [1.807, 2.05) is 12.1 Å². The van der Waals surface area contributed by atoms with Gasteiger partial charge in [0.2, 0.25) is 0 Å². The van der Waals surface area contributed by atoms with Crippen molar-refractivity contribution >= 4 is 17.5 Å². The average molecular weight is 376 g/mol. The van der Waals surface area contributed by atoms with Crippen LogP contribution in [0.5, 0.6) is 11.5 Å². The third-order valence-electron chi connectivity index (χ3n) is 3.82. The second-order valence-electron chi connectivity index (χ2n) is 5.51. The van der Waals surface area contributed by atoms with Gasteiger partial charge in [-0.15, -0.1) is 0 Å². The molecule has 136 valence electrons. The van der Waals surface area contributed by atoms with Gasteiger partial charge in [-0.3, -0.25) is 4.79 Å². The van der Waals surface area contributed by atoms with Gasteiger partial charge in [0.1, 0.15) is 11.5 Å². The Kier molecular flexibility index (Phi) is 5.53. The standard InChI is InChI=1S/C19H18ClNO5/c1-23-17-10-13(9-16(20)18(17)24-2)19(22)21(11-14-5-3-7-25-14)12-15-6-4-8-26-15/h3-10H,11-12H2,1-2H3. The highest BCUT2D eigenvalue weighted by atomic mass is 35.5. The first-order chi connectivity index (χ1) is 12.6. The van der Waals surface area contributed by atoms with Crippen molar-refractivity contribution in [2.45, 2.75) is 13.1 Å². The molecule has 2 aromatic heterocycles. The lowest BCUT2D eigenvalue weighted by Gasteiger charge is -2.21. The predicted octanol–water partition coefficient (Wildman–Crippen LogP) is 4.39. The third-order valence-corrected chi connectivity index (χ3v) is 4.10. The number of benzene rings is 1. The lowest BCUT2D eigenvalue weighted by atomic mass is 10.1. The monoisotopic (exact) mass is 375 g/mol. The van der Waals surface area contributed by atoms with Crippen molar-refractivity contribution in [2.24, 2.45) is 0 Å². The van der Waals surface area contributed by atoms with Crippen molar-refractivity contribution in [2.75, 3.05) is 14.2 Å². The molecule has 0 bridgehead atoms. The smallest absolute Gasteiger partial charge is 0.254 e. The molecule has 0 aliphatic heterocycles. The molecule has 0 spiro atoms. The molecule has 0 saturated heterocycles. The van der Waals surface area contributed by atoms with Crippen LogP contribution in [0.4, 0.5) is 0 Å². The van der Waals surface area contributed by atoms with Crippen LogP contribution in [0.15, 0.2) is 57.8 Å². The van der Waals surface area contributed by atoms with Gasteiger partial charge in [0.05, 0.1) is 44.9 Å². The maximum Gasteiger partial charge on any atom is 0.254 e. The van der Waals surface area contributed by atoms with E-state index in [1.54, 1.807) is 41.7 Å². The van der Waals surface area contributed by atoms with Crippen LogP contribution in [-0.4, -0.2) is 25.0 Å². The number of carbonyl (C=O) groups excluding carboxylic acids is 1. The molecule has 3 aromatic rings. The Morgan fingerprint density at radius 3 is 2.12 bits per heavy atom. The fourth-order valence-electron chi connectivity index (χ4n) is 2.60. The number of rotatable bonds is 7. The van der Waals surface area contributed by atoms with Crippen LogP contribution in [-0.2, 0) is 13.1 Å². The van der Waals surface area contributed by atoms with Crippen LogP contribution in [0.1, 0.15) is 21.9 Å². The molecule has 2 heterocycles. The number of halogens is 1. The fraction of sp³-hybridized carbons (Fsp3) is 0.211. The van der Waals surface area contributed by atoms with E-state index >= 15 is 0 Å². The van der Waals surface area contributed by atoms with E-state index in [1.165, 1.54) is 14.2 Å². The van der Waals surface area contributed by atoms with E-state index < -0.39 is 0 Å². The van der Waals surface area contributed by atoms with Crippen molar-refractivity contribution in [1.82, 2.24) is 4.90 Å². The minimum absolute atomic E-state index is 0.236. The first-order valence-corrected chi connectivity index (χ1v) is 8.25. The number of ether oxygens (including phenoxy) is 2. The predicted molar refractivity (Wildman–Crippen MR) is 95.5 cm³/mol. The van der Waals surface area contributed by atoms with Gasteiger partial charge in [-0.05, 0) is 36.4 Å². The van der Waals surface area contributed by atoms with E-state index in [9.17, 15) is 4.79 Å². The largest absolute Gasteiger partial charge is 0.493 e. The van der Waals surface area contributed by atoms with Gasteiger partial charge in [0.25, 0.3) is 5.91 Å². The molecule has 6 nitrogen and oxygen atoms in total. The zero-order valence-electron chi connectivity index (χ0n) is 14.4. The lowest BCUT2D eigenvalue weighted by molar-refractivity contribution is 0.0704. The topological polar surface area (TPSA) is 65.0 Å². The molecular formula is C19H18ClNO5. The van der Waals surface area contributed by atoms with Crippen molar-refractivity contribution in [3.63, 3.8) is 0 Å². The number of furan rings is 2. The van der Waals surface area contributed by atoms with Gasteiger partial charge >= 0.3 is 0 Å². The zero-order chi connectivity index (χ0) is 18.5. The summed E-state index contributed by atoms with van der Waals surface area (Å²) in [7, 11) is 2.98. The van der Waals surface area contributed by atoms with Gasteiger partial charge in [-0.25, -0.2) is 0 Å². The quantitative estimate of drug-likeness (QED) is 0.613. The number of hydrogen-bond acceptors (Lipinski definition) is 5. The number of carbonyl (C=O) groups is 1. The summed E-state index contributed by atoms with van der Waals surface area (Å²) < 4.78 is 21.3. The number of nitrogens with zero attached hydrogens (tertiary/aromatic N) is 1. The van der Waals surface area contributed by atoms with Crippen LogP contribution in [0.3, 0.4) is 0 Å². The van der Waals surface area contributed by atoms with Crippen LogP contribution < -0.4 is 9.47 Å². The Morgan fingerprint density at radius 2 is 1.65 bits per heavy atom. The van der Waals surface area contributed by atoms with E-state index in [4.69, 9.17) is 29.9 Å². The summed E-state index contributed by atoms with van der Waals surface area (Å²) in [6, 6.07) is 10.3. The Bertz CT molecular complexity index is 822. The molecule has 0 atom stereocenters. The lowest BCUT2D eigenvalue weighted by Crippen LogP contribution is -2.30. The summed E-state index contributed by atoms with van der Waals surface area (Å²) in [5, 5.41) is 0.297. The number of hydrogen-bond donors (Lipinski definition) is 0. The van der Waals surface area contributed by atoms with Gasteiger partial charge in [0, 0.05) is 5.56 Å². The van der Waals surface area contributed by atoms with Crippen LogP contribution in [0.25, 0.3) is 0 Å². The van der Waals surface area contributed by atoms with Gasteiger partial charge in [-0.1, -0.05) is 11.6 Å². The molecule has 0 aliphatic rings. The van der Waals surface area contributed by atoms with Gasteiger partial charge in [-0.2, -0.15) is 0 Å². The van der Waals surface area contributed by atoms with Crippen molar-refractivity contribution < 1.29 is 23.1 Å². The first-order valence-electron chi connectivity index (χ1n) is 7.88. The van der Waals surface area contributed by atoms with Gasteiger partial charge in [0.15, 0.2) is 11.5 Å². The first kappa shape index (κ1) is 17.9. The molecule has 7 heteroatoms. The fourth-order valence-corrected chi connectivity index (χ4v) is 2.89. The zero-order valence-corrected chi connectivity index (χ0v) is 15.2. The molecule has 0 saturated carbocycles. The number of methoxy groups -OCH3 is 2. The van der Waals surface area contributed by atoms with Crippen molar-refractivity contribution in [3.05, 3.63) is 71.0 Å². The van der Waals surface area contributed by atoms with Crippen LogP contribution in [0.2, 0.25) is 5.02 Å². The summed E-state index contributed by atoms with van der Waals surface area (Å²) >= 11 is 6.23. The number of amides is 1. The maximum absolute atomic E-state index is 13.1. The van der Waals surface area contributed by atoms with Crippen LogP contribution >= 0.6 is 11.6 Å². The summed E-state index contributed by atoms with van der Waals surface area (Å²) in [4.78, 5) is 14.7. The average Bonchev–Trinajstić information content (AvgIpc) is 3.33. The highest BCUT2D eigenvalue weighted by Gasteiger charge is 2.22. The van der Waals surface area contributed by atoms with Crippen molar-refractivity contribution in [3.8, 4) is 11.5 Å². The molecule has 0 aliphatic carbocycles. The Hall–Kier alpha value is -2.86. The Balaban J connectivity index is 1.92. The molecule has 1 aromatic carbocycles. The second-order valence-corrected chi connectivity index (χ2v) is 5.92. The molecule has 0 fully saturated rings. The molecule has 26 heavy (non-hydrogen) atoms. The molecular weight excluding hydrogens is 358 g/mol. The molecule has 3 rings (SSSR count). The van der Waals surface area contributed by atoms with E-state index in [0.29, 0.717) is 46.7 Å². The van der Waals surface area contributed by atoms with E-state index in [0.717, 1.165) is 0 Å². The SMILES string of the molecule is COc1cc(C(=O)N(Cc2ccco2)Cc2ccco2)cc(Cl)c1OC. The molecule has 0 unspecified atom stereocenters. The van der Waals surface area contributed by atoms with Crippen LogP contribution in [0, 0.1) is 0 Å². The Morgan fingerprint density at radius 1 is 1.04 bits per heavy atom. The summed E-state index contributed by atoms with van der Waals surface area (Å²) in [6.07, 6.45) is 3.14. The minimum Gasteiger partial charge on any atom is -0.493 e. The minimum atomic E-state index is -0.236. The second kappa shape index (κ2) is 8.01. The van der Waals surface area contributed by atoms with Crippen molar-refractivity contribution in [1.29, 1.82) is 0 Å². The molecule has 0 N–H and O–H groups in total. The highest BCUT2D eigenvalue weighted by Crippen LogP contribution is 2.36. The molecule has 1 amide bonds. The normalized spacial score (nSPS) is 10.6. The maximum atomic E-state index is 13.1. The summed E-state index contributed by atoms with van der Waals surface area (Å²) in [5.41, 5.74) is 0.380. The van der Waals surface area contributed by atoms with E-state index in [-0.39, 0.29) is 5.91 Å². The third kappa shape index (κ3) is 3.86. The van der Waals surface area contributed by atoms with E-state index in [2.05, 4.69) is 0 Å².